The van der Waals surface area contributed by atoms with E-state index in [0.29, 0.717) is 5.02 Å². The molecule has 0 aliphatic heterocycles. The zero-order chi connectivity index (χ0) is 15.2. The van der Waals surface area contributed by atoms with Crippen LogP contribution in [0.15, 0.2) is 84.0 Å². The zero-order valence-corrected chi connectivity index (χ0v) is 12.7. The van der Waals surface area contributed by atoms with Gasteiger partial charge in [-0.25, -0.2) is 0 Å². The van der Waals surface area contributed by atoms with Gasteiger partial charge in [-0.15, -0.1) is 0 Å². The molecule has 0 saturated heterocycles. The molecule has 108 valence electrons. The van der Waals surface area contributed by atoms with E-state index in [0.717, 1.165) is 22.4 Å². The lowest BCUT2D eigenvalue weighted by Gasteiger charge is -2.04. The molecule has 0 amide bonds. The molecule has 1 N–H and O–H groups in total. The van der Waals surface area contributed by atoms with Crippen LogP contribution in [0.5, 0.6) is 0 Å². The molecular weight excluding hydrogens is 292 g/mol. The number of hydrogen-bond acceptors (Lipinski definition) is 2. The third-order valence-electron chi connectivity index (χ3n) is 3.28. The van der Waals surface area contributed by atoms with Gasteiger partial charge < -0.3 is 0 Å². The maximum atomic E-state index is 6.34. The number of benzene rings is 3. The lowest BCUT2D eigenvalue weighted by atomic mass is 10.0. The van der Waals surface area contributed by atoms with E-state index in [4.69, 9.17) is 11.6 Å². The third kappa shape index (κ3) is 3.54. The number of anilines is 1. The van der Waals surface area contributed by atoms with Gasteiger partial charge in [-0.1, -0.05) is 72.3 Å². The van der Waals surface area contributed by atoms with Crippen molar-refractivity contribution < 1.29 is 0 Å². The van der Waals surface area contributed by atoms with Crippen LogP contribution in [0.4, 0.5) is 5.69 Å². The molecule has 2 nitrogen and oxygen atoms in total. The van der Waals surface area contributed by atoms with Gasteiger partial charge in [0.25, 0.3) is 0 Å². The molecule has 0 bridgehead atoms. The summed E-state index contributed by atoms with van der Waals surface area (Å²) in [6, 6.07) is 25.9. The number of nitrogens with zero attached hydrogens (tertiary/aromatic N) is 1. The number of nitrogens with one attached hydrogen (secondary N) is 1. The molecule has 0 spiro atoms. The second-order valence-electron chi connectivity index (χ2n) is 4.84. The van der Waals surface area contributed by atoms with Gasteiger partial charge in [0.1, 0.15) is 0 Å². The molecule has 22 heavy (non-hydrogen) atoms. The Morgan fingerprint density at radius 1 is 0.773 bits per heavy atom. The highest BCUT2D eigenvalue weighted by Crippen LogP contribution is 2.24. The SMILES string of the molecule is Clc1cc(-c2ccccc2)ccc1C=NNc1ccccc1. The van der Waals surface area contributed by atoms with E-state index in [1.807, 2.05) is 66.7 Å². The minimum atomic E-state index is 0.681. The van der Waals surface area contributed by atoms with Crippen LogP contribution < -0.4 is 5.43 Å². The molecule has 3 aromatic rings. The number of hydrogen-bond donors (Lipinski definition) is 1. The monoisotopic (exact) mass is 306 g/mol. The summed E-state index contributed by atoms with van der Waals surface area (Å²) in [5, 5.41) is 4.90. The first-order valence-corrected chi connectivity index (χ1v) is 7.40. The van der Waals surface area contributed by atoms with E-state index in [9.17, 15) is 0 Å². The van der Waals surface area contributed by atoms with Crippen LogP contribution in [0.1, 0.15) is 5.56 Å². The van der Waals surface area contributed by atoms with Crippen molar-refractivity contribution in [2.75, 3.05) is 5.43 Å². The Kier molecular flexibility index (Phi) is 4.52. The number of hydrazone groups is 1. The average molecular weight is 307 g/mol. The van der Waals surface area contributed by atoms with Gasteiger partial charge in [0.05, 0.1) is 16.9 Å². The van der Waals surface area contributed by atoms with Crippen LogP contribution in [-0.4, -0.2) is 6.21 Å². The highest BCUT2D eigenvalue weighted by atomic mass is 35.5. The second kappa shape index (κ2) is 6.92. The molecule has 3 rings (SSSR count). The summed E-state index contributed by atoms with van der Waals surface area (Å²) in [4.78, 5) is 0. The van der Waals surface area contributed by atoms with E-state index < -0.39 is 0 Å². The molecule has 0 fully saturated rings. The Balaban J connectivity index is 1.75. The first-order chi connectivity index (χ1) is 10.8. The van der Waals surface area contributed by atoms with Crippen LogP contribution in [-0.2, 0) is 0 Å². The van der Waals surface area contributed by atoms with Gasteiger partial charge in [0, 0.05) is 5.56 Å². The third-order valence-corrected chi connectivity index (χ3v) is 3.61. The van der Waals surface area contributed by atoms with E-state index >= 15 is 0 Å². The van der Waals surface area contributed by atoms with Crippen molar-refractivity contribution in [3.63, 3.8) is 0 Å². The zero-order valence-electron chi connectivity index (χ0n) is 11.9. The minimum absolute atomic E-state index is 0.681. The Labute approximate surface area is 135 Å². The molecule has 0 unspecified atom stereocenters. The molecule has 3 aromatic carbocycles. The highest BCUT2D eigenvalue weighted by Gasteiger charge is 2.02. The van der Waals surface area contributed by atoms with E-state index in [1.54, 1.807) is 6.21 Å². The van der Waals surface area contributed by atoms with Crippen molar-refractivity contribution in [2.45, 2.75) is 0 Å². The second-order valence-corrected chi connectivity index (χ2v) is 5.25. The molecule has 0 aliphatic rings. The van der Waals surface area contributed by atoms with Crippen LogP contribution in [0.25, 0.3) is 11.1 Å². The molecule has 3 heteroatoms. The summed E-state index contributed by atoms with van der Waals surface area (Å²) in [7, 11) is 0. The number of halogens is 1. The molecule has 0 heterocycles. The number of para-hydroxylation sites is 1. The summed E-state index contributed by atoms with van der Waals surface area (Å²) >= 11 is 6.34. The summed E-state index contributed by atoms with van der Waals surface area (Å²) in [6.45, 7) is 0. The van der Waals surface area contributed by atoms with Gasteiger partial charge in [0.2, 0.25) is 0 Å². The summed E-state index contributed by atoms with van der Waals surface area (Å²) in [5.41, 5.74) is 7.04. The van der Waals surface area contributed by atoms with Crippen LogP contribution in [0, 0.1) is 0 Å². The van der Waals surface area contributed by atoms with Crippen molar-refractivity contribution in [1.29, 1.82) is 0 Å². The van der Waals surface area contributed by atoms with Gasteiger partial charge >= 0.3 is 0 Å². The Morgan fingerprint density at radius 2 is 1.45 bits per heavy atom. The van der Waals surface area contributed by atoms with Gasteiger partial charge in [-0.2, -0.15) is 5.10 Å². The first-order valence-electron chi connectivity index (χ1n) is 7.02. The smallest absolute Gasteiger partial charge is 0.0561 e. The highest BCUT2D eigenvalue weighted by molar-refractivity contribution is 6.33. The fraction of sp³-hybridized carbons (Fsp3) is 0. The lowest BCUT2D eigenvalue weighted by Crippen LogP contribution is -1.91. The van der Waals surface area contributed by atoms with E-state index in [1.165, 1.54) is 0 Å². The molecule has 0 aliphatic carbocycles. The average Bonchev–Trinajstić information content (AvgIpc) is 2.58. The summed E-state index contributed by atoms with van der Waals surface area (Å²) < 4.78 is 0. The fourth-order valence-corrected chi connectivity index (χ4v) is 2.36. The predicted molar refractivity (Wildman–Crippen MR) is 94.5 cm³/mol. The summed E-state index contributed by atoms with van der Waals surface area (Å²) in [5.74, 6) is 0. The quantitative estimate of drug-likeness (QED) is 0.503. The van der Waals surface area contributed by atoms with Gasteiger partial charge in [-0.05, 0) is 29.3 Å². The van der Waals surface area contributed by atoms with Crippen molar-refractivity contribution in [3.05, 3.63) is 89.4 Å². The van der Waals surface area contributed by atoms with E-state index in [2.05, 4.69) is 22.7 Å². The van der Waals surface area contributed by atoms with Crippen LogP contribution in [0.3, 0.4) is 0 Å². The van der Waals surface area contributed by atoms with Crippen molar-refractivity contribution in [1.82, 2.24) is 0 Å². The molecule has 0 radical (unpaired) electrons. The van der Waals surface area contributed by atoms with Crippen LogP contribution >= 0.6 is 11.6 Å². The Bertz CT molecular complexity index is 768. The van der Waals surface area contributed by atoms with Crippen molar-refractivity contribution in [3.8, 4) is 11.1 Å². The minimum Gasteiger partial charge on any atom is -0.279 e. The predicted octanol–water partition coefficient (Wildman–Crippen LogP) is 5.45. The molecule has 0 atom stereocenters. The standard InChI is InChI=1S/C19H15ClN2/c20-19-13-16(15-7-3-1-4-8-15)11-12-17(19)14-21-22-18-9-5-2-6-10-18/h1-14,22H. The Hall–Kier alpha value is -2.58. The maximum absolute atomic E-state index is 6.34. The fourth-order valence-electron chi connectivity index (χ4n) is 2.13. The van der Waals surface area contributed by atoms with E-state index in [-0.39, 0.29) is 0 Å². The van der Waals surface area contributed by atoms with Crippen molar-refractivity contribution in [2.24, 2.45) is 5.10 Å². The van der Waals surface area contributed by atoms with Gasteiger partial charge in [0.15, 0.2) is 0 Å². The van der Waals surface area contributed by atoms with Crippen LogP contribution in [0.2, 0.25) is 5.02 Å². The molecule has 0 saturated carbocycles. The summed E-state index contributed by atoms with van der Waals surface area (Å²) in [6.07, 6.45) is 1.73. The maximum Gasteiger partial charge on any atom is 0.0561 e. The van der Waals surface area contributed by atoms with Gasteiger partial charge in [-0.3, -0.25) is 5.43 Å². The molecular formula is C19H15ClN2. The Morgan fingerprint density at radius 3 is 2.14 bits per heavy atom. The molecule has 0 aromatic heterocycles. The largest absolute Gasteiger partial charge is 0.279 e. The number of rotatable bonds is 4. The van der Waals surface area contributed by atoms with Crippen molar-refractivity contribution >= 4 is 23.5 Å². The lowest BCUT2D eigenvalue weighted by molar-refractivity contribution is 1.35. The first kappa shape index (κ1) is 14.4. The normalized spacial score (nSPS) is 10.8. The topological polar surface area (TPSA) is 24.4 Å².